The average molecular weight is 345 g/mol. The first-order chi connectivity index (χ1) is 9.06. The van der Waals surface area contributed by atoms with E-state index >= 15 is 0 Å². The molecule has 1 aliphatic carbocycles. The number of rotatable bonds is 3. The smallest absolute Gasteiger partial charge is 0.252 e. The molecule has 1 aromatic carbocycles. The number of hydrogen-bond donors (Lipinski definition) is 1. The second-order valence-corrected chi connectivity index (χ2v) is 6.53. The van der Waals surface area contributed by atoms with Crippen molar-refractivity contribution in [3.63, 3.8) is 0 Å². The summed E-state index contributed by atoms with van der Waals surface area (Å²) in [6, 6.07) is 5.77. The van der Waals surface area contributed by atoms with E-state index in [9.17, 15) is 4.79 Å². The van der Waals surface area contributed by atoms with E-state index in [0.29, 0.717) is 11.4 Å². The molecule has 0 bridgehead atoms. The van der Waals surface area contributed by atoms with E-state index in [0.717, 1.165) is 35.7 Å². The van der Waals surface area contributed by atoms with Crippen LogP contribution in [-0.2, 0) is 0 Å². The SMILES string of the molecule is Cc1ccc(C(=O)NC2(CCl)CCCCC2)c(Br)c1. The Kier molecular flexibility index (Phi) is 4.91. The van der Waals surface area contributed by atoms with Crippen LogP contribution in [0.25, 0.3) is 0 Å². The molecule has 1 fully saturated rings. The first kappa shape index (κ1) is 14.9. The van der Waals surface area contributed by atoms with Crippen LogP contribution in [0.2, 0.25) is 0 Å². The number of carbonyl (C=O) groups excluding carboxylic acids is 1. The van der Waals surface area contributed by atoms with Crippen LogP contribution in [0.1, 0.15) is 48.0 Å². The van der Waals surface area contributed by atoms with Crippen molar-refractivity contribution >= 4 is 33.4 Å². The van der Waals surface area contributed by atoms with E-state index in [-0.39, 0.29) is 11.4 Å². The van der Waals surface area contributed by atoms with Crippen LogP contribution in [0.4, 0.5) is 0 Å². The Morgan fingerprint density at radius 1 is 1.37 bits per heavy atom. The van der Waals surface area contributed by atoms with Crippen molar-refractivity contribution in [1.82, 2.24) is 5.32 Å². The summed E-state index contributed by atoms with van der Waals surface area (Å²) in [6.07, 6.45) is 5.48. The molecule has 1 aliphatic rings. The predicted molar refractivity (Wildman–Crippen MR) is 82.9 cm³/mol. The maximum absolute atomic E-state index is 12.4. The van der Waals surface area contributed by atoms with Crippen molar-refractivity contribution in [3.8, 4) is 0 Å². The van der Waals surface area contributed by atoms with Gasteiger partial charge < -0.3 is 5.32 Å². The van der Waals surface area contributed by atoms with Crippen molar-refractivity contribution in [1.29, 1.82) is 0 Å². The quantitative estimate of drug-likeness (QED) is 0.808. The van der Waals surface area contributed by atoms with E-state index in [4.69, 9.17) is 11.6 Å². The van der Waals surface area contributed by atoms with Gasteiger partial charge in [0.2, 0.25) is 0 Å². The van der Waals surface area contributed by atoms with Crippen LogP contribution < -0.4 is 5.32 Å². The van der Waals surface area contributed by atoms with E-state index in [2.05, 4.69) is 21.2 Å². The summed E-state index contributed by atoms with van der Waals surface area (Å²) in [4.78, 5) is 12.4. The summed E-state index contributed by atoms with van der Waals surface area (Å²) in [6.45, 7) is 2.01. The summed E-state index contributed by atoms with van der Waals surface area (Å²) >= 11 is 9.57. The molecular weight excluding hydrogens is 326 g/mol. The van der Waals surface area contributed by atoms with Gasteiger partial charge in [-0.15, -0.1) is 11.6 Å². The zero-order chi connectivity index (χ0) is 13.9. The third-order valence-electron chi connectivity index (χ3n) is 3.81. The lowest BCUT2D eigenvalue weighted by Gasteiger charge is -2.36. The molecule has 0 atom stereocenters. The van der Waals surface area contributed by atoms with Gasteiger partial charge in [-0.3, -0.25) is 4.79 Å². The number of amides is 1. The highest BCUT2D eigenvalue weighted by molar-refractivity contribution is 9.10. The number of benzene rings is 1. The van der Waals surface area contributed by atoms with Crippen molar-refractivity contribution in [2.24, 2.45) is 0 Å². The molecule has 0 aliphatic heterocycles. The lowest BCUT2D eigenvalue weighted by atomic mass is 9.83. The van der Waals surface area contributed by atoms with Crippen LogP contribution >= 0.6 is 27.5 Å². The third-order valence-corrected chi connectivity index (χ3v) is 4.98. The Morgan fingerprint density at radius 3 is 2.63 bits per heavy atom. The Bertz CT molecular complexity index is 469. The maximum atomic E-state index is 12.4. The van der Waals surface area contributed by atoms with Gasteiger partial charge in [-0.1, -0.05) is 25.3 Å². The lowest BCUT2D eigenvalue weighted by Crippen LogP contribution is -2.51. The summed E-state index contributed by atoms with van der Waals surface area (Å²) in [5.41, 5.74) is 1.59. The fraction of sp³-hybridized carbons (Fsp3) is 0.533. The highest BCUT2D eigenvalue weighted by Gasteiger charge is 2.33. The van der Waals surface area contributed by atoms with Gasteiger partial charge in [0.05, 0.1) is 11.1 Å². The van der Waals surface area contributed by atoms with Crippen molar-refractivity contribution in [3.05, 3.63) is 33.8 Å². The predicted octanol–water partition coefficient (Wildman–Crippen LogP) is 4.43. The summed E-state index contributed by atoms with van der Waals surface area (Å²) < 4.78 is 0.838. The molecule has 104 valence electrons. The number of carbonyl (C=O) groups is 1. The highest BCUT2D eigenvalue weighted by atomic mass is 79.9. The topological polar surface area (TPSA) is 29.1 Å². The minimum absolute atomic E-state index is 0.0329. The first-order valence-corrected chi connectivity index (χ1v) is 8.04. The van der Waals surface area contributed by atoms with Crippen molar-refractivity contribution < 1.29 is 4.79 Å². The largest absolute Gasteiger partial charge is 0.345 e. The lowest BCUT2D eigenvalue weighted by molar-refractivity contribution is 0.0884. The Morgan fingerprint density at radius 2 is 2.05 bits per heavy atom. The van der Waals surface area contributed by atoms with Gasteiger partial charge in [0.25, 0.3) is 5.91 Å². The molecule has 0 saturated heterocycles. The summed E-state index contributed by atoms with van der Waals surface area (Å²) in [5.74, 6) is 0.455. The molecule has 2 rings (SSSR count). The fourth-order valence-electron chi connectivity index (χ4n) is 2.63. The fourth-order valence-corrected chi connectivity index (χ4v) is 3.64. The molecule has 0 heterocycles. The first-order valence-electron chi connectivity index (χ1n) is 6.71. The second kappa shape index (κ2) is 6.27. The van der Waals surface area contributed by atoms with Gasteiger partial charge in [0.15, 0.2) is 0 Å². The van der Waals surface area contributed by atoms with Crippen LogP contribution in [0.3, 0.4) is 0 Å². The zero-order valence-electron chi connectivity index (χ0n) is 11.1. The minimum atomic E-state index is -0.221. The van der Waals surface area contributed by atoms with Crippen LogP contribution in [0.15, 0.2) is 22.7 Å². The Labute approximate surface area is 128 Å². The van der Waals surface area contributed by atoms with E-state index in [1.807, 2.05) is 25.1 Å². The van der Waals surface area contributed by atoms with Crippen molar-refractivity contribution in [2.45, 2.75) is 44.6 Å². The number of alkyl halides is 1. The Balaban J connectivity index is 2.15. The molecule has 1 saturated carbocycles. The molecule has 0 spiro atoms. The molecule has 1 amide bonds. The summed E-state index contributed by atoms with van der Waals surface area (Å²) in [5, 5.41) is 3.16. The number of halogens is 2. The zero-order valence-corrected chi connectivity index (χ0v) is 13.5. The second-order valence-electron chi connectivity index (χ2n) is 5.41. The summed E-state index contributed by atoms with van der Waals surface area (Å²) in [7, 11) is 0. The molecule has 1 N–H and O–H groups in total. The average Bonchev–Trinajstić information content (AvgIpc) is 2.39. The molecule has 0 aromatic heterocycles. The van der Waals surface area contributed by atoms with Gasteiger partial charge in [-0.05, 0) is 53.4 Å². The van der Waals surface area contributed by atoms with E-state index in [1.165, 1.54) is 6.42 Å². The van der Waals surface area contributed by atoms with Crippen LogP contribution in [0.5, 0.6) is 0 Å². The highest BCUT2D eigenvalue weighted by Crippen LogP contribution is 2.30. The van der Waals surface area contributed by atoms with Crippen LogP contribution in [0, 0.1) is 6.92 Å². The maximum Gasteiger partial charge on any atom is 0.252 e. The van der Waals surface area contributed by atoms with Gasteiger partial charge in [0.1, 0.15) is 0 Å². The molecule has 1 aromatic rings. The number of hydrogen-bond acceptors (Lipinski definition) is 1. The Hall–Kier alpha value is -0.540. The molecule has 4 heteroatoms. The van der Waals surface area contributed by atoms with Crippen LogP contribution in [-0.4, -0.2) is 17.3 Å². The van der Waals surface area contributed by atoms with Gasteiger partial charge in [-0.25, -0.2) is 0 Å². The van der Waals surface area contributed by atoms with Gasteiger partial charge in [-0.2, -0.15) is 0 Å². The van der Waals surface area contributed by atoms with Crippen molar-refractivity contribution in [2.75, 3.05) is 5.88 Å². The number of aryl methyl sites for hydroxylation is 1. The van der Waals surface area contributed by atoms with Gasteiger partial charge in [0, 0.05) is 10.4 Å². The standard InChI is InChI=1S/C15H19BrClNO/c1-11-5-6-12(13(16)9-11)14(19)18-15(10-17)7-3-2-4-8-15/h5-6,9H,2-4,7-8,10H2,1H3,(H,18,19). The molecule has 2 nitrogen and oxygen atoms in total. The third kappa shape index (κ3) is 3.51. The molecule has 19 heavy (non-hydrogen) atoms. The molecular formula is C15H19BrClNO. The molecule has 0 unspecified atom stereocenters. The minimum Gasteiger partial charge on any atom is -0.345 e. The monoisotopic (exact) mass is 343 g/mol. The van der Waals surface area contributed by atoms with Gasteiger partial charge >= 0.3 is 0 Å². The molecule has 0 radical (unpaired) electrons. The van der Waals surface area contributed by atoms with E-state index in [1.54, 1.807) is 0 Å². The number of nitrogens with one attached hydrogen (secondary N) is 1. The van der Waals surface area contributed by atoms with E-state index < -0.39 is 0 Å². The normalized spacial score (nSPS) is 18.1.